The molecule has 0 aromatic heterocycles. The summed E-state index contributed by atoms with van der Waals surface area (Å²) in [6, 6.07) is 16.1. The van der Waals surface area contributed by atoms with Gasteiger partial charge in [-0.2, -0.15) is 0 Å². The van der Waals surface area contributed by atoms with Gasteiger partial charge in [0.25, 0.3) is 5.91 Å². The standard InChI is InChI=1S/C19H19NO4/c1-14-6-5-9-16(12-14)20-18(22)13-24-19(23)11-10-17(21)15-7-3-2-4-8-15/h2-9,12H,10-11,13H2,1H3,(H,20,22). The van der Waals surface area contributed by atoms with Crippen molar-refractivity contribution >= 4 is 23.3 Å². The Morgan fingerprint density at radius 2 is 1.71 bits per heavy atom. The van der Waals surface area contributed by atoms with Gasteiger partial charge < -0.3 is 10.1 Å². The number of aryl methyl sites for hydroxylation is 1. The number of hydrogen-bond acceptors (Lipinski definition) is 4. The van der Waals surface area contributed by atoms with Gasteiger partial charge in [0, 0.05) is 17.7 Å². The van der Waals surface area contributed by atoms with Crippen molar-refractivity contribution in [1.82, 2.24) is 0 Å². The number of rotatable bonds is 7. The maximum Gasteiger partial charge on any atom is 0.306 e. The molecular weight excluding hydrogens is 306 g/mol. The van der Waals surface area contributed by atoms with Crippen molar-refractivity contribution in [3.63, 3.8) is 0 Å². The van der Waals surface area contributed by atoms with E-state index < -0.39 is 11.9 Å². The zero-order valence-corrected chi connectivity index (χ0v) is 13.5. The molecule has 0 unspecified atom stereocenters. The van der Waals surface area contributed by atoms with Crippen LogP contribution in [-0.2, 0) is 14.3 Å². The topological polar surface area (TPSA) is 72.5 Å². The minimum absolute atomic E-state index is 0.0501. The number of ether oxygens (including phenoxy) is 1. The summed E-state index contributed by atoms with van der Waals surface area (Å²) in [4.78, 5) is 35.2. The molecule has 1 N–H and O–H groups in total. The van der Waals surface area contributed by atoms with Gasteiger partial charge in [0.2, 0.25) is 0 Å². The number of hydrogen-bond donors (Lipinski definition) is 1. The molecule has 5 heteroatoms. The highest BCUT2D eigenvalue weighted by Crippen LogP contribution is 2.09. The largest absolute Gasteiger partial charge is 0.456 e. The second kappa shape index (κ2) is 8.62. The summed E-state index contributed by atoms with van der Waals surface area (Å²) in [5.74, 6) is -1.11. The molecule has 5 nitrogen and oxygen atoms in total. The molecule has 0 aliphatic carbocycles. The number of amides is 1. The van der Waals surface area contributed by atoms with E-state index in [4.69, 9.17) is 4.74 Å². The fourth-order valence-corrected chi connectivity index (χ4v) is 2.12. The first kappa shape index (κ1) is 17.4. The average Bonchev–Trinajstić information content (AvgIpc) is 2.58. The highest BCUT2D eigenvalue weighted by molar-refractivity contribution is 5.97. The highest BCUT2D eigenvalue weighted by Gasteiger charge is 2.11. The number of anilines is 1. The van der Waals surface area contributed by atoms with Crippen LogP contribution in [0.1, 0.15) is 28.8 Å². The van der Waals surface area contributed by atoms with E-state index in [1.54, 1.807) is 30.3 Å². The van der Waals surface area contributed by atoms with E-state index in [-0.39, 0.29) is 25.2 Å². The molecule has 0 saturated heterocycles. The molecule has 0 heterocycles. The summed E-state index contributed by atoms with van der Waals surface area (Å²) >= 11 is 0. The van der Waals surface area contributed by atoms with E-state index in [0.717, 1.165) is 5.56 Å². The van der Waals surface area contributed by atoms with Gasteiger partial charge in [-0.25, -0.2) is 0 Å². The summed E-state index contributed by atoms with van der Waals surface area (Å²) in [6.07, 6.45) is 0.00774. The summed E-state index contributed by atoms with van der Waals surface area (Å²) < 4.78 is 4.89. The molecule has 0 radical (unpaired) electrons. The van der Waals surface area contributed by atoms with Crippen LogP contribution < -0.4 is 5.32 Å². The lowest BCUT2D eigenvalue weighted by molar-refractivity contribution is -0.147. The third-order valence-electron chi connectivity index (χ3n) is 3.32. The highest BCUT2D eigenvalue weighted by atomic mass is 16.5. The van der Waals surface area contributed by atoms with Crippen molar-refractivity contribution < 1.29 is 19.1 Å². The van der Waals surface area contributed by atoms with Crippen molar-refractivity contribution in [3.05, 3.63) is 65.7 Å². The van der Waals surface area contributed by atoms with Gasteiger partial charge in [0.15, 0.2) is 12.4 Å². The van der Waals surface area contributed by atoms with Gasteiger partial charge in [0.05, 0.1) is 6.42 Å². The van der Waals surface area contributed by atoms with Crippen molar-refractivity contribution in [3.8, 4) is 0 Å². The zero-order valence-electron chi connectivity index (χ0n) is 13.5. The first-order valence-corrected chi connectivity index (χ1v) is 7.65. The number of esters is 1. The number of nitrogens with one attached hydrogen (secondary N) is 1. The Bertz CT molecular complexity index is 725. The molecule has 0 fully saturated rings. The molecule has 2 aromatic rings. The van der Waals surface area contributed by atoms with Crippen molar-refractivity contribution in [2.45, 2.75) is 19.8 Å². The molecule has 2 aromatic carbocycles. The van der Waals surface area contributed by atoms with E-state index in [2.05, 4.69) is 5.32 Å². The van der Waals surface area contributed by atoms with Crippen molar-refractivity contribution in [2.75, 3.05) is 11.9 Å². The van der Waals surface area contributed by atoms with Crippen LogP contribution in [0.25, 0.3) is 0 Å². The molecule has 2 rings (SSSR count). The lowest BCUT2D eigenvalue weighted by Gasteiger charge is -2.07. The first-order valence-electron chi connectivity index (χ1n) is 7.65. The molecule has 0 aliphatic heterocycles. The SMILES string of the molecule is Cc1cccc(NC(=O)COC(=O)CCC(=O)c2ccccc2)c1. The summed E-state index contributed by atoms with van der Waals surface area (Å²) in [5, 5.41) is 2.65. The van der Waals surface area contributed by atoms with Crippen LogP contribution in [0.5, 0.6) is 0 Å². The minimum atomic E-state index is -0.571. The smallest absolute Gasteiger partial charge is 0.306 e. The van der Waals surface area contributed by atoms with Gasteiger partial charge in [-0.1, -0.05) is 42.5 Å². The van der Waals surface area contributed by atoms with Crippen LogP contribution in [-0.4, -0.2) is 24.3 Å². The summed E-state index contributed by atoms with van der Waals surface area (Å²) in [7, 11) is 0. The number of ketones is 1. The number of carbonyl (C=O) groups is 3. The Morgan fingerprint density at radius 3 is 2.42 bits per heavy atom. The van der Waals surface area contributed by atoms with Gasteiger partial charge in [-0.15, -0.1) is 0 Å². The third kappa shape index (κ3) is 5.68. The molecular formula is C19H19NO4. The van der Waals surface area contributed by atoms with E-state index in [1.165, 1.54) is 0 Å². The fourth-order valence-electron chi connectivity index (χ4n) is 2.12. The second-order valence-corrected chi connectivity index (χ2v) is 5.37. The average molecular weight is 325 g/mol. The third-order valence-corrected chi connectivity index (χ3v) is 3.32. The molecule has 24 heavy (non-hydrogen) atoms. The molecule has 0 saturated carbocycles. The zero-order chi connectivity index (χ0) is 17.4. The molecule has 1 amide bonds. The van der Waals surface area contributed by atoms with Crippen LogP contribution in [0.2, 0.25) is 0 Å². The lowest BCUT2D eigenvalue weighted by atomic mass is 10.1. The van der Waals surface area contributed by atoms with E-state index in [1.807, 2.05) is 31.2 Å². The molecule has 124 valence electrons. The van der Waals surface area contributed by atoms with Crippen molar-refractivity contribution in [1.29, 1.82) is 0 Å². The van der Waals surface area contributed by atoms with E-state index >= 15 is 0 Å². The van der Waals surface area contributed by atoms with Gasteiger partial charge in [0.1, 0.15) is 0 Å². The molecule has 0 atom stereocenters. The van der Waals surface area contributed by atoms with Crippen LogP contribution >= 0.6 is 0 Å². The number of carbonyl (C=O) groups excluding carboxylic acids is 3. The maximum absolute atomic E-state index is 11.9. The maximum atomic E-state index is 11.9. The lowest BCUT2D eigenvalue weighted by Crippen LogP contribution is -2.21. The Kier molecular flexibility index (Phi) is 6.25. The summed E-state index contributed by atoms with van der Waals surface area (Å²) in [6.45, 7) is 1.55. The predicted octanol–water partition coefficient (Wildman–Crippen LogP) is 3.14. The Labute approximate surface area is 140 Å². The number of Topliss-reactive ketones (excluding diaryl/α,β-unsaturated/α-hetero) is 1. The van der Waals surface area contributed by atoms with Crippen LogP contribution in [0, 0.1) is 6.92 Å². The Balaban J connectivity index is 1.71. The molecule has 0 bridgehead atoms. The normalized spacial score (nSPS) is 10.0. The first-order chi connectivity index (χ1) is 11.5. The minimum Gasteiger partial charge on any atom is -0.456 e. The quantitative estimate of drug-likeness (QED) is 0.627. The molecule has 0 aliphatic rings. The van der Waals surface area contributed by atoms with Gasteiger partial charge >= 0.3 is 5.97 Å². The Morgan fingerprint density at radius 1 is 0.958 bits per heavy atom. The van der Waals surface area contributed by atoms with Crippen LogP contribution in [0.15, 0.2) is 54.6 Å². The predicted molar refractivity (Wildman–Crippen MR) is 90.8 cm³/mol. The van der Waals surface area contributed by atoms with Crippen LogP contribution in [0.4, 0.5) is 5.69 Å². The summed E-state index contributed by atoms with van der Waals surface area (Å²) in [5.41, 5.74) is 2.22. The van der Waals surface area contributed by atoms with Gasteiger partial charge in [-0.3, -0.25) is 14.4 Å². The van der Waals surface area contributed by atoms with E-state index in [0.29, 0.717) is 11.3 Å². The van der Waals surface area contributed by atoms with Gasteiger partial charge in [-0.05, 0) is 24.6 Å². The van der Waals surface area contributed by atoms with E-state index in [9.17, 15) is 14.4 Å². The Hall–Kier alpha value is -2.95. The second-order valence-electron chi connectivity index (χ2n) is 5.37. The fraction of sp³-hybridized carbons (Fsp3) is 0.211. The van der Waals surface area contributed by atoms with Crippen molar-refractivity contribution in [2.24, 2.45) is 0 Å². The number of benzene rings is 2. The molecule has 0 spiro atoms. The van der Waals surface area contributed by atoms with Crippen LogP contribution in [0.3, 0.4) is 0 Å². The monoisotopic (exact) mass is 325 g/mol.